The molecule has 7 nitrogen and oxygen atoms in total. The SMILES string of the molecule is CN(CCOCCN)c1ccc2nnc(-c3cccc(F)c3)n2n1. The van der Waals surface area contributed by atoms with Crippen molar-refractivity contribution in [3.63, 3.8) is 0 Å². The van der Waals surface area contributed by atoms with Crippen LogP contribution in [0.2, 0.25) is 0 Å². The van der Waals surface area contributed by atoms with Gasteiger partial charge in [-0.05, 0) is 24.3 Å². The first kappa shape index (κ1) is 16.3. The molecule has 8 heteroatoms. The Morgan fingerprint density at radius 1 is 1.21 bits per heavy atom. The number of likely N-dealkylation sites (N-methyl/N-ethyl adjacent to an activating group) is 1. The predicted octanol–water partition coefficient (Wildman–Crippen LogP) is 1.34. The average molecular weight is 330 g/mol. The number of fused-ring (bicyclic) bond motifs is 1. The van der Waals surface area contributed by atoms with Crippen LogP contribution in [0.5, 0.6) is 0 Å². The minimum atomic E-state index is -0.324. The van der Waals surface area contributed by atoms with Crippen LogP contribution < -0.4 is 10.6 Å². The van der Waals surface area contributed by atoms with Gasteiger partial charge in [-0.2, -0.15) is 4.52 Å². The quantitative estimate of drug-likeness (QED) is 0.659. The number of halogens is 1. The largest absolute Gasteiger partial charge is 0.378 e. The molecule has 2 aromatic heterocycles. The van der Waals surface area contributed by atoms with E-state index < -0.39 is 0 Å². The van der Waals surface area contributed by atoms with Gasteiger partial charge in [0.15, 0.2) is 11.5 Å². The first-order chi connectivity index (χ1) is 11.7. The molecule has 3 rings (SSSR count). The van der Waals surface area contributed by atoms with E-state index >= 15 is 0 Å². The summed E-state index contributed by atoms with van der Waals surface area (Å²) in [6, 6.07) is 9.91. The normalized spacial score (nSPS) is 11.1. The van der Waals surface area contributed by atoms with Crippen molar-refractivity contribution >= 4 is 11.5 Å². The van der Waals surface area contributed by atoms with Gasteiger partial charge in [0.25, 0.3) is 0 Å². The minimum Gasteiger partial charge on any atom is -0.378 e. The number of ether oxygens (including phenoxy) is 1. The molecule has 24 heavy (non-hydrogen) atoms. The Morgan fingerprint density at radius 3 is 2.88 bits per heavy atom. The number of hydrogen-bond donors (Lipinski definition) is 1. The fourth-order valence-corrected chi connectivity index (χ4v) is 2.29. The van der Waals surface area contributed by atoms with Crippen molar-refractivity contribution in [1.82, 2.24) is 19.8 Å². The Kier molecular flexibility index (Phi) is 4.97. The highest BCUT2D eigenvalue weighted by molar-refractivity contribution is 5.59. The molecule has 0 bridgehead atoms. The molecule has 3 aromatic rings. The molecule has 0 aliphatic heterocycles. The van der Waals surface area contributed by atoms with Gasteiger partial charge in [0.05, 0.1) is 13.2 Å². The third-order valence-electron chi connectivity index (χ3n) is 3.56. The van der Waals surface area contributed by atoms with Crippen molar-refractivity contribution in [2.24, 2.45) is 5.73 Å². The highest BCUT2D eigenvalue weighted by Crippen LogP contribution is 2.20. The van der Waals surface area contributed by atoms with Crippen LogP contribution in [0.25, 0.3) is 17.0 Å². The van der Waals surface area contributed by atoms with Crippen LogP contribution >= 0.6 is 0 Å². The number of rotatable bonds is 7. The molecular formula is C16H19FN6O. The van der Waals surface area contributed by atoms with Gasteiger partial charge in [-0.25, -0.2) is 4.39 Å². The van der Waals surface area contributed by atoms with Gasteiger partial charge in [-0.1, -0.05) is 12.1 Å². The molecule has 0 fully saturated rings. The second-order valence-electron chi connectivity index (χ2n) is 5.32. The molecule has 0 radical (unpaired) electrons. The lowest BCUT2D eigenvalue weighted by molar-refractivity contribution is 0.148. The van der Waals surface area contributed by atoms with E-state index in [0.29, 0.717) is 43.3 Å². The van der Waals surface area contributed by atoms with E-state index in [1.54, 1.807) is 16.6 Å². The Bertz CT molecular complexity index is 821. The average Bonchev–Trinajstić information content (AvgIpc) is 3.01. The molecule has 0 saturated heterocycles. The molecule has 2 heterocycles. The first-order valence-electron chi connectivity index (χ1n) is 7.66. The van der Waals surface area contributed by atoms with Gasteiger partial charge in [0.1, 0.15) is 11.6 Å². The zero-order valence-corrected chi connectivity index (χ0v) is 13.4. The van der Waals surface area contributed by atoms with Gasteiger partial charge in [0.2, 0.25) is 0 Å². The molecule has 0 unspecified atom stereocenters. The summed E-state index contributed by atoms with van der Waals surface area (Å²) in [6.07, 6.45) is 0. The zero-order chi connectivity index (χ0) is 16.9. The lowest BCUT2D eigenvalue weighted by Gasteiger charge is -2.17. The third kappa shape index (κ3) is 3.50. The summed E-state index contributed by atoms with van der Waals surface area (Å²) in [5.74, 6) is 0.921. The summed E-state index contributed by atoms with van der Waals surface area (Å²) < 4.78 is 20.5. The minimum absolute atomic E-state index is 0.324. The Balaban J connectivity index is 1.86. The number of nitrogens with zero attached hydrogens (tertiary/aromatic N) is 5. The third-order valence-corrected chi connectivity index (χ3v) is 3.56. The Labute approximate surface area is 138 Å². The molecule has 0 amide bonds. The molecule has 0 aliphatic carbocycles. The number of nitrogens with two attached hydrogens (primary N) is 1. The van der Waals surface area contributed by atoms with Crippen molar-refractivity contribution in [3.05, 3.63) is 42.2 Å². The monoisotopic (exact) mass is 330 g/mol. The lowest BCUT2D eigenvalue weighted by atomic mass is 10.2. The highest BCUT2D eigenvalue weighted by Gasteiger charge is 2.12. The van der Waals surface area contributed by atoms with Crippen LogP contribution in [0, 0.1) is 5.82 Å². The summed E-state index contributed by atoms with van der Waals surface area (Å²) in [4.78, 5) is 1.96. The summed E-state index contributed by atoms with van der Waals surface area (Å²) >= 11 is 0. The van der Waals surface area contributed by atoms with E-state index in [-0.39, 0.29) is 5.82 Å². The molecule has 2 N–H and O–H groups in total. The van der Waals surface area contributed by atoms with Gasteiger partial charge < -0.3 is 15.4 Å². The summed E-state index contributed by atoms with van der Waals surface area (Å²) in [7, 11) is 1.92. The second kappa shape index (κ2) is 7.33. The van der Waals surface area contributed by atoms with Crippen LogP contribution in [-0.4, -0.2) is 53.2 Å². The number of anilines is 1. The van der Waals surface area contributed by atoms with Crippen LogP contribution in [0.1, 0.15) is 0 Å². The van der Waals surface area contributed by atoms with Crippen molar-refractivity contribution in [2.75, 3.05) is 38.3 Å². The van der Waals surface area contributed by atoms with Crippen molar-refractivity contribution in [2.45, 2.75) is 0 Å². The highest BCUT2D eigenvalue weighted by atomic mass is 19.1. The van der Waals surface area contributed by atoms with Crippen LogP contribution in [0.3, 0.4) is 0 Å². The maximum Gasteiger partial charge on any atom is 0.185 e. The molecule has 0 spiro atoms. The van der Waals surface area contributed by atoms with Gasteiger partial charge in [-0.3, -0.25) is 0 Å². The summed E-state index contributed by atoms with van der Waals surface area (Å²) in [5, 5.41) is 12.8. The molecule has 1 aromatic carbocycles. The standard InChI is InChI=1S/C16H19FN6O/c1-22(8-10-24-9-7-18)15-6-5-14-19-20-16(23(14)21-15)12-3-2-4-13(17)11-12/h2-6,11H,7-10,18H2,1H3. The Morgan fingerprint density at radius 2 is 2.08 bits per heavy atom. The van der Waals surface area contributed by atoms with Gasteiger partial charge >= 0.3 is 0 Å². The van der Waals surface area contributed by atoms with E-state index in [2.05, 4.69) is 15.3 Å². The van der Waals surface area contributed by atoms with Gasteiger partial charge in [0, 0.05) is 25.7 Å². The number of benzene rings is 1. The van der Waals surface area contributed by atoms with E-state index in [0.717, 1.165) is 5.82 Å². The fourth-order valence-electron chi connectivity index (χ4n) is 2.29. The van der Waals surface area contributed by atoms with Crippen LogP contribution in [0.4, 0.5) is 10.2 Å². The predicted molar refractivity (Wildman–Crippen MR) is 89.3 cm³/mol. The second-order valence-corrected chi connectivity index (χ2v) is 5.32. The summed E-state index contributed by atoms with van der Waals surface area (Å²) in [6.45, 7) is 2.28. The fraction of sp³-hybridized carbons (Fsp3) is 0.312. The van der Waals surface area contributed by atoms with E-state index in [4.69, 9.17) is 10.5 Å². The number of aromatic nitrogens is 4. The molecule has 0 atom stereocenters. The van der Waals surface area contributed by atoms with E-state index in [1.807, 2.05) is 24.1 Å². The number of hydrogen-bond acceptors (Lipinski definition) is 6. The molecule has 0 aliphatic rings. The topological polar surface area (TPSA) is 81.6 Å². The maximum absolute atomic E-state index is 13.5. The summed E-state index contributed by atoms with van der Waals surface area (Å²) in [5.41, 5.74) is 6.62. The van der Waals surface area contributed by atoms with Crippen LogP contribution in [-0.2, 0) is 4.74 Å². The maximum atomic E-state index is 13.5. The van der Waals surface area contributed by atoms with Gasteiger partial charge in [-0.15, -0.1) is 15.3 Å². The molecule has 0 saturated carbocycles. The zero-order valence-electron chi connectivity index (χ0n) is 13.4. The van der Waals surface area contributed by atoms with Crippen molar-refractivity contribution < 1.29 is 9.13 Å². The first-order valence-corrected chi connectivity index (χ1v) is 7.66. The Hall–Kier alpha value is -2.58. The molecular weight excluding hydrogens is 311 g/mol. The molecule has 126 valence electrons. The van der Waals surface area contributed by atoms with Crippen molar-refractivity contribution in [1.29, 1.82) is 0 Å². The smallest absolute Gasteiger partial charge is 0.185 e. The van der Waals surface area contributed by atoms with E-state index in [9.17, 15) is 4.39 Å². The van der Waals surface area contributed by atoms with Crippen LogP contribution in [0.15, 0.2) is 36.4 Å². The van der Waals surface area contributed by atoms with E-state index in [1.165, 1.54) is 12.1 Å². The lowest BCUT2D eigenvalue weighted by Crippen LogP contribution is -2.25. The van der Waals surface area contributed by atoms with Crippen molar-refractivity contribution in [3.8, 4) is 11.4 Å².